The highest BCUT2D eigenvalue weighted by molar-refractivity contribution is 5.07. The molecule has 1 aliphatic rings. The molecule has 0 atom stereocenters. The van der Waals surface area contributed by atoms with Crippen molar-refractivity contribution in [2.24, 2.45) is 0 Å². The van der Waals surface area contributed by atoms with Gasteiger partial charge in [-0.05, 0) is 31.4 Å². The summed E-state index contributed by atoms with van der Waals surface area (Å²) in [6, 6.07) is 4.64. The van der Waals surface area contributed by atoms with Gasteiger partial charge >= 0.3 is 6.18 Å². The average Bonchev–Trinajstić information content (AvgIpc) is 3.05. The van der Waals surface area contributed by atoms with Crippen molar-refractivity contribution in [1.82, 2.24) is 9.88 Å². The summed E-state index contributed by atoms with van der Waals surface area (Å²) in [5, 5.41) is 3.42. The van der Waals surface area contributed by atoms with Gasteiger partial charge in [-0.2, -0.15) is 13.2 Å². The van der Waals surface area contributed by atoms with E-state index in [-0.39, 0.29) is 6.61 Å². The molecule has 1 heterocycles. The number of aryl methyl sites for hydroxylation is 1. The van der Waals surface area contributed by atoms with Gasteiger partial charge in [0.2, 0.25) is 0 Å². The lowest BCUT2D eigenvalue weighted by Gasteiger charge is -2.11. The third-order valence-corrected chi connectivity index (χ3v) is 3.03. The first-order valence-electron chi connectivity index (χ1n) is 6.56. The molecule has 1 aromatic rings. The Morgan fingerprint density at radius 3 is 2.84 bits per heavy atom. The Kier molecular flexibility index (Phi) is 4.87. The summed E-state index contributed by atoms with van der Waals surface area (Å²) in [6.07, 6.45) is 0.791. The molecule has 0 amide bonds. The summed E-state index contributed by atoms with van der Waals surface area (Å²) in [7, 11) is 0. The minimum absolute atomic E-state index is 0.132. The minimum Gasteiger partial charge on any atom is -0.372 e. The third kappa shape index (κ3) is 5.65. The van der Waals surface area contributed by atoms with Gasteiger partial charge in [0, 0.05) is 37.6 Å². The predicted octanol–water partition coefficient (Wildman–Crippen LogP) is 2.71. The number of rotatable bonds is 8. The van der Waals surface area contributed by atoms with E-state index in [1.54, 1.807) is 0 Å². The first kappa shape index (κ1) is 14.4. The van der Waals surface area contributed by atoms with E-state index in [2.05, 4.69) is 14.6 Å². The van der Waals surface area contributed by atoms with Gasteiger partial charge in [0.25, 0.3) is 0 Å². The maximum Gasteiger partial charge on any atom is 0.411 e. The van der Waals surface area contributed by atoms with Crippen LogP contribution < -0.4 is 5.32 Å². The van der Waals surface area contributed by atoms with Crippen LogP contribution in [0.3, 0.4) is 0 Å². The van der Waals surface area contributed by atoms with Crippen LogP contribution in [-0.4, -0.2) is 30.0 Å². The molecule has 1 aliphatic carbocycles. The van der Waals surface area contributed by atoms with Crippen LogP contribution >= 0.6 is 0 Å². The molecule has 6 heteroatoms. The molecule has 0 aromatic carbocycles. The van der Waals surface area contributed by atoms with E-state index in [0.717, 1.165) is 6.54 Å². The summed E-state index contributed by atoms with van der Waals surface area (Å²) in [6.45, 7) is 0.482. The Labute approximate surface area is 110 Å². The van der Waals surface area contributed by atoms with E-state index in [0.29, 0.717) is 19.0 Å². The quantitative estimate of drug-likeness (QED) is 0.739. The van der Waals surface area contributed by atoms with E-state index in [9.17, 15) is 13.2 Å². The first-order chi connectivity index (χ1) is 9.04. The fraction of sp³-hybridized carbons (Fsp3) is 0.692. The largest absolute Gasteiger partial charge is 0.411 e. The fourth-order valence-electron chi connectivity index (χ4n) is 1.89. The molecule has 2 rings (SSSR count). The normalized spacial score (nSPS) is 15.9. The number of nitrogens with zero attached hydrogens (tertiary/aromatic N) is 1. The maximum absolute atomic E-state index is 11.9. The Hall–Kier alpha value is -1.01. The van der Waals surface area contributed by atoms with E-state index in [4.69, 9.17) is 0 Å². The summed E-state index contributed by atoms with van der Waals surface area (Å²) in [5.41, 5.74) is 1.17. The van der Waals surface area contributed by atoms with Crippen molar-refractivity contribution in [3.05, 3.63) is 24.0 Å². The van der Waals surface area contributed by atoms with Crippen molar-refractivity contribution < 1.29 is 17.9 Å². The van der Waals surface area contributed by atoms with E-state index in [1.807, 2.05) is 18.3 Å². The summed E-state index contributed by atoms with van der Waals surface area (Å²) < 4.78 is 42.2. The second-order valence-electron chi connectivity index (χ2n) is 4.87. The number of nitrogens with one attached hydrogen (secondary N) is 1. The van der Waals surface area contributed by atoms with Crippen LogP contribution in [0.2, 0.25) is 0 Å². The minimum atomic E-state index is -4.23. The standard InChI is InChI=1S/C13H19F3N2O/c14-13(15,16)10-19-8-2-7-18-6-1-3-12(18)9-17-11-4-5-11/h1,3,6,11,17H,2,4-5,7-10H2. The van der Waals surface area contributed by atoms with Crippen LogP contribution in [-0.2, 0) is 17.8 Å². The van der Waals surface area contributed by atoms with Crippen LogP contribution in [0, 0.1) is 0 Å². The molecule has 0 radical (unpaired) electrons. The number of alkyl halides is 3. The SMILES string of the molecule is FC(F)(F)COCCCn1cccc1CNC1CC1. The van der Waals surface area contributed by atoms with E-state index >= 15 is 0 Å². The molecule has 108 valence electrons. The van der Waals surface area contributed by atoms with Gasteiger partial charge in [-0.15, -0.1) is 0 Å². The summed E-state index contributed by atoms with van der Waals surface area (Å²) in [4.78, 5) is 0. The zero-order valence-electron chi connectivity index (χ0n) is 10.7. The predicted molar refractivity (Wildman–Crippen MR) is 65.8 cm³/mol. The molecule has 0 saturated heterocycles. The van der Waals surface area contributed by atoms with E-state index in [1.165, 1.54) is 18.5 Å². The van der Waals surface area contributed by atoms with Gasteiger partial charge in [-0.25, -0.2) is 0 Å². The van der Waals surface area contributed by atoms with Gasteiger partial charge in [0.1, 0.15) is 6.61 Å². The van der Waals surface area contributed by atoms with Gasteiger partial charge in [-0.3, -0.25) is 0 Å². The highest BCUT2D eigenvalue weighted by atomic mass is 19.4. The molecule has 1 fully saturated rings. The highest BCUT2D eigenvalue weighted by Crippen LogP contribution is 2.19. The molecule has 0 unspecified atom stereocenters. The zero-order chi connectivity index (χ0) is 13.7. The summed E-state index contributed by atoms with van der Waals surface area (Å²) in [5.74, 6) is 0. The number of ether oxygens (including phenoxy) is 1. The fourth-order valence-corrected chi connectivity index (χ4v) is 1.89. The molecule has 1 N–H and O–H groups in total. The molecule has 19 heavy (non-hydrogen) atoms. The van der Waals surface area contributed by atoms with Crippen molar-refractivity contribution in [3.8, 4) is 0 Å². The van der Waals surface area contributed by atoms with E-state index < -0.39 is 12.8 Å². The first-order valence-corrected chi connectivity index (χ1v) is 6.56. The van der Waals surface area contributed by atoms with Gasteiger partial charge < -0.3 is 14.6 Å². The number of hydrogen-bond donors (Lipinski definition) is 1. The number of hydrogen-bond acceptors (Lipinski definition) is 2. The topological polar surface area (TPSA) is 26.2 Å². The van der Waals surface area contributed by atoms with Crippen molar-refractivity contribution in [1.29, 1.82) is 0 Å². The molecule has 0 bridgehead atoms. The lowest BCUT2D eigenvalue weighted by Crippen LogP contribution is -2.19. The molecule has 0 aliphatic heterocycles. The number of aromatic nitrogens is 1. The van der Waals surface area contributed by atoms with Crippen LogP contribution in [0.5, 0.6) is 0 Å². The zero-order valence-corrected chi connectivity index (χ0v) is 10.7. The van der Waals surface area contributed by atoms with Gasteiger partial charge in [0.15, 0.2) is 0 Å². The van der Waals surface area contributed by atoms with Gasteiger partial charge in [-0.1, -0.05) is 0 Å². The Bertz CT molecular complexity index is 385. The lowest BCUT2D eigenvalue weighted by molar-refractivity contribution is -0.174. The maximum atomic E-state index is 11.9. The van der Waals surface area contributed by atoms with Crippen LogP contribution in [0.4, 0.5) is 13.2 Å². The second-order valence-corrected chi connectivity index (χ2v) is 4.87. The highest BCUT2D eigenvalue weighted by Gasteiger charge is 2.27. The summed E-state index contributed by atoms with van der Waals surface area (Å²) >= 11 is 0. The second kappa shape index (κ2) is 6.43. The van der Waals surface area contributed by atoms with Crippen molar-refractivity contribution in [2.75, 3.05) is 13.2 Å². The van der Waals surface area contributed by atoms with Crippen molar-refractivity contribution in [3.63, 3.8) is 0 Å². The third-order valence-electron chi connectivity index (χ3n) is 3.03. The van der Waals surface area contributed by atoms with Crippen molar-refractivity contribution in [2.45, 2.75) is 44.6 Å². The molecular weight excluding hydrogens is 257 g/mol. The van der Waals surface area contributed by atoms with Crippen LogP contribution in [0.15, 0.2) is 18.3 Å². The smallest absolute Gasteiger partial charge is 0.372 e. The monoisotopic (exact) mass is 276 g/mol. The van der Waals surface area contributed by atoms with Gasteiger partial charge in [0.05, 0.1) is 0 Å². The average molecular weight is 276 g/mol. The number of halogens is 3. The molecular formula is C13H19F3N2O. The molecule has 0 spiro atoms. The van der Waals surface area contributed by atoms with Crippen LogP contribution in [0.1, 0.15) is 25.0 Å². The lowest BCUT2D eigenvalue weighted by atomic mass is 10.4. The Morgan fingerprint density at radius 1 is 1.37 bits per heavy atom. The molecule has 1 saturated carbocycles. The molecule has 3 nitrogen and oxygen atoms in total. The Balaban J connectivity index is 1.63. The van der Waals surface area contributed by atoms with Crippen molar-refractivity contribution >= 4 is 0 Å². The molecule has 1 aromatic heterocycles. The Morgan fingerprint density at radius 2 is 2.16 bits per heavy atom. The van der Waals surface area contributed by atoms with Crippen LogP contribution in [0.25, 0.3) is 0 Å².